The molecule has 24 heavy (non-hydrogen) atoms. The summed E-state index contributed by atoms with van der Waals surface area (Å²) in [7, 11) is 0. The number of ketones is 1. The Balaban J connectivity index is 1.58. The van der Waals surface area contributed by atoms with Crippen molar-refractivity contribution in [3.05, 3.63) is 40.5 Å². The molecule has 0 amide bonds. The lowest BCUT2D eigenvalue weighted by Gasteiger charge is -2.37. The minimum atomic E-state index is -0.00844. The van der Waals surface area contributed by atoms with Gasteiger partial charge in [-0.2, -0.15) is 5.26 Å². The van der Waals surface area contributed by atoms with Gasteiger partial charge in [0.05, 0.1) is 5.70 Å². The number of allylic oxidation sites excluding steroid dienone is 1. The van der Waals surface area contributed by atoms with Crippen LogP contribution in [-0.4, -0.2) is 23.8 Å². The number of fused-ring (bicyclic) bond motifs is 1. The van der Waals surface area contributed by atoms with E-state index in [0.29, 0.717) is 23.3 Å². The zero-order valence-electron chi connectivity index (χ0n) is 14.0. The fraction of sp³-hybridized carbons (Fsp3) is 0.524. The lowest BCUT2D eigenvalue weighted by atomic mass is 9.84. The van der Waals surface area contributed by atoms with Crippen molar-refractivity contribution in [2.75, 3.05) is 13.1 Å². The highest BCUT2D eigenvalue weighted by molar-refractivity contribution is 6.10. The van der Waals surface area contributed by atoms with Gasteiger partial charge in [0.1, 0.15) is 11.6 Å². The van der Waals surface area contributed by atoms with Crippen molar-refractivity contribution in [1.29, 1.82) is 5.26 Å². The summed E-state index contributed by atoms with van der Waals surface area (Å²) in [5, 5.41) is 9.64. The molecule has 3 fully saturated rings. The molecule has 1 spiro atoms. The standard InChI is InChI=1S/C21H22N2O/c22-13-18-19(24)12-16-4-3-15(14-1-2-14)11-17(16)20(18)23-9-7-21(5-6-21)8-10-23/h3-4,11,14H,1-2,5-10,12H2. The van der Waals surface area contributed by atoms with Crippen LogP contribution in [-0.2, 0) is 11.2 Å². The highest BCUT2D eigenvalue weighted by atomic mass is 16.1. The second-order valence-electron chi connectivity index (χ2n) is 8.11. The number of carbonyl (C=O) groups is 1. The second-order valence-corrected chi connectivity index (χ2v) is 8.11. The number of nitrogens with zero attached hydrogens (tertiary/aromatic N) is 2. The predicted octanol–water partition coefficient (Wildman–Crippen LogP) is 3.80. The Morgan fingerprint density at radius 1 is 1.12 bits per heavy atom. The zero-order valence-corrected chi connectivity index (χ0v) is 14.0. The fourth-order valence-corrected chi connectivity index (χ4v) is 4.49. The van der Waals surface area contributed by atoms with Crippen molar-refractivity contribution < 1.29 is 4.79 Å². The van der Waals surface area contributed by atoms with Crippen molar-refractivity contribution in [1.82, 2.24) is 4.90 Å². The number of hydrogen-bond acceptors (Lipinski definition) is 3. The van der Waals surface area contributed by atoms with Crippen LogP contribution in [0.4, 0.5) is 0 Å². The van der Waals surface area contributed by atoms with Crippen LogP contribution in [0.25, 0.3) is 5.70 Å². The van der Waals surface area contributed by atoms with E-state index in [4.69, 9.17) is 0 Å². The minimum Gasteiger partial charge on any atom is -0.370 e. The van der Waals surface area contributed by atoms with E-state index in [-0.39, 0.29) is 5.78 Å². The number of likely N-dealkylation sites (tertiary alicyclic amines) is 1. The maximum atomic E-state index is 12.5. The number of carbonyl (C=O) groups excluding carboxylic acids is 1. The molecule has 4 aliphatic rings. The van der Waals surface area contributed by atoms with Crippen LogP contribution in [0.3, 0.4) is 0 Å². The SMILES string of the molecule is N#CC1=C(N2CCC3(CC2)CC3)c2cc(C3CC3)ccc2CC1=O. The first-order valence-electron chi connectivity index (χ1n) is 9.25. The zero-order chi connectivity index (χ0) is 16.3. The molecule has 0 unspecified atom stereocenters. The number of piperidine rings is 1. The van der Waals surface area contributed by atoms with Crippen LogP contribution in [0.15, 0.2) is 23.8 Å². The van der Waals surface area contributed by atoms with Crippen LogP contribution in [0.1, 0.15) is 61.1 Å². The van der Waals surface area contributed by atoms with E-state index in [9.17, 15) is 10.1 Å². The molecule has 1 aromatic rings. The molecule has 1 aliphatic heterocycles. The van der Waals surface area contributed by atoms with E-state index in [1.807, 2.05) is 0 Å². The molecule has 122 valence electrons. The normalized spacial score (nSPS) is 24.8. The van der Waals surface area contributed by atoms with Gasteiger partial charge < -0.3 is 4.90 Å². The average molecular weight is 318 g/mol. The molecule has 0 aromatic heterocycles. The quantitative estimate of drug-likeness (QED) is 0.833. The molecule has 3 nitrogen and oxygen atoms in total. The Morgan fingerprint density at radius 3 is 2.50 bits per heavy atom. The summed E-state index contributed by atoms with van der Waals surface area (Å²) < 4.78 is 0. The number of Topliss-reactive ketones (excluding diaryl/α,β-unsaturated/α-hetero) is 1. The summed E-state index contributed by atoms with van der Waals surface area (Å²) in [6.07, 6.45) is 8.08. The molecule has 0 radical (unpaired) electrons. The molecular formula is C21H22N2O. The Morgan fingerprint density at radius 2 is 1.88 bits per heavy atom. The monoisotopic (exact) mass is 318 g/mol. The molecule has 0 atom stereocenters. The highest BCUT2D eigenvalue weighted by Gasteiger charge is 2.45. The van der Waals surface area contributed by atoms with E-state index in [0.717, 1.165) is 29.9 Å². The van der Waals surface area contributed by atoms with Crippen LogP contribution in [0.2, 0.25) is 0 Å². The Bertz CT molecular complexity index is 796. The Hall–Kier alpha value is -2.08. The van der Waals surface area contributed by atoms with Gasteiger partial charge in [-0.1, -0.05) is 12.1 Å². The van der Waals surface area contributed by atoms with E-state index < -0.39 is 0 Å². The predicted molar refractivity (Wildman–Crippen MR) is 92.1 cm³/mol. The molecule has 3 heteroatoms. The molecule has 1 heterocycles. The number of nitriles is 1. The smallest absolute Gasteiger partial charge is 0.179 e. The van der Waals surface area contributed by atoms with Gasteiger partial charge in [0.2, 0.25) is 0 Å². The Kier molecular flexibility index (Phi) is 2.95. The average Bonchev–Trinajstić information content (AvgIpc) is 3.50. The maximum Gasteiger partial charge on any atom is 0.179 e. The summed E-state index contributed by atoms with van der Waals surface area (Å²) in [4.78, 5) is 14.8. The molecule has 0 bridgehead atoms. The molecule has 5 rings (SSSR count). The van der Waals surface area contributed by atoms with Crippen LogP contribution >= 0.6 is 0 Å². The third-order valence-corrected chi connectivity index (χ3v) is 6.51. The molecular weight excluding hydrogens is 296 g/mol. The van der Waals surface area contributed by atoms with Gasteiger partial charge in [-0.3, -0.25) is 4.79 Å². The van der Waals surface area contributed by atoms with E-state index in [2.05, 4.69) is 29.2 Å². The maximum absolute atomic E-state index is 12.5. The summed E-state index contributed by atoms with van der Waals surface area (Å²) in [5.41, 5.74) is 5.56. The van der Waals surface area contributed by atoms with Gasteiger partial charge in [0, 0.05) is 25.1 Å². The topological polar surface area (TPSA) is 44.1 Å². The number of rotatable bonds is 2. The van der Waals surface area contributed by atoms with Gasteiger partial charge in [0.25, 0.3) is 0 Å². The fourth-order valence-electron chi connectivity index (χ4n) is 4.49. The first-order chi connectivity index (χ1) is 11.7. The summed E-state index contributed by atoms with van der Waals surface area (Å²) in [6, 6.07) is 8.82. The van der Waals surface area contributed by atoms with Gasteiger partial charge in [0.15, 0.2) is 5.78 Å². The van der Waals surface area contributed by atoms with Gasteiger partial charge >= 0.3 is 0 Å². The number of hydrogen-bond donors (Lipinski definition) is 0. The summed E-state index contributed by atoms with van der Waals surface area (Å²) in [6.45, 7) is 1.97. The van der Waals surface area contributed by atoms with Crippen molar-refractivity contribution in [3.63, 3.8) is 0 Å². The summed E-state index contributed by atoms with van der Waals surface area (Å²) >= 11 is 0. The minimum absolute atomic E-state index is 0.00844. The van der Waals surface area contributed by atoms with E-state index in [1.165, 1.54) is 44.1 Å². The van der Waals surface area contributed by atoms with Crippen LogP contribution in [0.5, 0.6) is 0 Å². The van der Waals surface area contributed by atoms with Crippen molar-refractivity contribution >= 4 is 11.5 Å². The van der Waals surface area contributed by atoms with Gasteiger partial charge in [-0.25, -0.2) is 0 Å². The number of benzene rings is 1. The summed E-state index contributed by atoms with van der Waals surface area (Å²) in [5.74, 6) is 0.682. The van der Waals surface area contributed by atoms with Crippen molar-refractivity contribution in [2.45, 2.75) is 50.9 Å². The first-order valence-corrected chi connectivity index (χ1v) is 9.25. The molecule has 1 saturated heterocycles. The van der Waals surface area contributed by atoms with Crippen LogP contribution in [0, 0.1) is 16.7 Å². The third-order valence-electron chi connectivity index (χ3n) is 6.51. The van der Waals surface area contributed by atoms with E-state index in [1.54, 1.807) is 0 Å². The molecule has 2 saturated carbocycles. The molecule has 3 aliphatic carbocycles. The first kappa shape index (κ1) is 14.3. The van der Waals surface area contributed by atoms with Crippen molar-refractivity contribution in [2.24, 2.45) is 5.41 Å². The second kappa shape index (κ2) is 4.96. The van der Waals surface area contributed by atoms with Gasteiger partial charge in [-0.15, -0.1) is 0 Å². The third kappa shape index (κ3) is 2.20. The Labute approximate surface area is 143 Å². The van der Waals surface area contributed by atoms with E-state index >= 15 is 0 Å². The van der Waals surface area contributed by atoms with Crippen LogP contribution < -0.4 is 0 Å². The molecule has 1 aromatic carbocycles. The lowest BCUT2D eigenvalue weighted by Crippen LogP contribution is -2.36. The lowest BCUT2D eigenvalue weighted by molar-refractivity contribution is -0.114. The van der Waals surface area contributed by atoms with Crippen molar-refractivity contribution in [3.8, 4) is 6.07 Å². The largest absolute Gasteiger partial charge is 0.370 e. The van der Waals surface area contributed by atoms with Gasteiger partial charge in [-0.05, 0) is 67.1 Å². The molecule has 0 N–H and O–H groups in total. The highest BCUT2D eigenvalue weighted by Crippen LogP contribution is 2.54.